The van der Waals surface area contributed by atoms with E-state index in [0.717, 1.165) is 27.4 Å². The summed E-state index contributed by atoms with van der Waals surface area (Å²) in [6.07, 6.45) is 6.93. The number of hydrogen-bond donors (Lipinski definition) is 3. The van der Waals surface area contributed by atoms with Crippen molar-refractivity contribution < 1.29 is 15.0 Å². The molecule has 4 heterocycles. The quantitative estimate of drug-likeness (QED) is 0.366. The highest BCUT2D eigenvalue weighted by Crippen LogP contribution is 2.42. The van der Waals surface area contributed by atoms with E-state index in [9.17, 15) is 15.0 Å². The highest BCUT2D eigenvalue weighted by Gasteiger charge is 2.39. The van der Waals surface area contributed by atoms with Crippen molar-refractivity contribution in [2.75, 3.05) is 5.32 Å². The average molecular weight is 492 g/mol. The molecule has 3 N–H and O–H groups in total. The number of carboxylic acids is 1. The number of carbonyl (C=O) groups is 1. The number of thiazole rings is 1. The molecule has 11 heteroatoms. The molecule has 0 radical (unpaired) electrons. The van der Waals surface area contributed by atoms with Crippen molar-refractivity contribution in [3.05, 3.63) is 53.4 Å². The minimum absolute atomic E-state index is 0.388. The van der Waals surface area contributed by atoms with Gasteiger partial charge in [-0.25, -0.2) is 15.0 Å². The smallest absolute Gasteiger partial charge is 0.306 e. The van der Waals surface area contributed by atoms with Crippen LogP contribution in [-0.4, -0.2) is 46.1 Å². The lowest BCUT2D eigenvalue weighted by molar-refractivity contribution is -0.145. The van der Waals surface area contributed by atoms with Gasteiger partial charge in [0, 0.05) is 25.0 Å². The van der Waals surface area contributed by atoms with Gasteiger partial charge in [0.1, 0.15) is 27.9 Å². The maximum Gasteiger partial charge on any atom is 0.306 e. The predicted octanol–water partition coefficient (Wildman–Crippen LogP) is 3.91. The third-order valence-electron chi connectivity index (χ3n) is 6.20. The predicted molar refractivity (Wildman–Crippen MR) is 131 cm³/mol. The van der Waals surface area contributed by atoms with Gasteiger partial charge in [0.15, 0.2) is 0 Å². The van der Waals surface area contributed by atoms with Crippen LogP contribution in [0.15, 0.2) is 42.9 Å². The molecule has 4 aromatic rings. The second-order valence-electron chi connectivity index (χ2n) is 8.92. The zero-order chi connectivity index (χ0) is 24.6. The number of nitrogens with one attached hydrogen (secondary N) is 1. The van der Waals surface area contributed by atoms with Crippen molar-refractivity contribution >= 4 is 28.9 Å². The first-order valence-electron chi connectivity index (χ1n) is 11.3. The zero-order valence-electron chi connectivity index (χ0n) is 19.3. The molecule has 10 nitrogen and oxygen atoms in total. The van der Waals surface area contributed by atoms with Gasteiger partial charge < -0.3 is 15.5 Å². The molecule has 0 saturated heterocycles. The van der Waals surface area contributed by atoms with Gasteiger partial charge in [-0.2, -0.15) is 0 Å². The van der Waals surface area contributed by atoms with Gasteiger partial charge in [-0.3, -0.25) is 9.48 Å². The molecule has 1 aliphatic rings. The summed E-state index contributed by atoms with van der Waals surface area (Å²) in [7, 11) is 1.82. The Labute approximate surface area is 205 Å². The lowest BCUT2D eigenvalue weighted by Gasteiger charge is -2.32. The second kappa shape index (κ2) is 9.16. The van der Waals surface area contributed by atoms with Crippen LogP contribution in [0.1, 0.15) is 36.3 Å². The van der Waals surface area contributed by atoms with Crippen molar-refractivity contribution in [3.8, 4) is 21.8 Å². The zero-order valence-corrected chi connectivity index (χ0v) is 20.2. The SMILES string of the molecule is Cc1cc(Nc2cc(-c3cn(C)nn3)ccn2)nc(-c2cnc(C3(O)CCC(C(=O)O)CC3)s2)c1. The van der Waals surface area contributed by atoms with Gasteiger partial charge >= 0.3 is 5.97 Å². The van der Waals surface area contributed by atoms with Gasteiger partial charge in [-0.1, -0.05) is 5.21 Å². The third-order valence-corrected chi connectivity index (χ3v) is 7.42. The van der Waals surface area contributed by atoms with Gasteiger partial charge in [-0.15, -0.1) is 16.4 Å². The molecule has 1 fully saturated rings. The van der Waals surface area contributed by atoms with Gasteiger partial charge in [0.05, 0.1) is 22.7 Å². The van der Waals surface area contributed by atoms with Crippen LogP contribution in [0.3, 0.4) is 0 Å². The summed E-state index contributed by atoms with van der Waals surface area (Å²) in [4.78, 5) is 25.7. The Morgan fingerprint density at radius 3 is 2.69 bits per heavy atom. The molecule has 0 spiro atoms. The van der Waals surface area contributed by atoms with Crippen molar-refractivity contribution in [1.29, 1.82) is 0 Å². The lowest BCUT2D eigenvalue weighted by Crippen LogP contribution is -2.33. The van der Waals surface area contributed by atoms with E-state index in [-0.39, 0.29) is 0 Å². The van der Waals surface area contributed by atoms with Gasteiger partial charge in [0.25, 0.3) is 0 Å². The average Bonchev–Trinajstić information content (AvgIpc) is 3.49. The Bertz CT molecular complexity index is 1370. The van der Waals surface area contributed by atoms with Gasteiger partial charge in [-0.05, 0) is 62.4 Å². The number of aromatic nitrogens is 6. The normalized spacial score (nSPS) is 20.0. The summed E-state index contributed by atoms with van der Waals surface area (Å²) in [6.45, 7) is 1.99. The summed E-state index contributed by atoms with van der Waals surface area (Å²) >= 11 is 1.39. The van der Waals surface area contributed by atoms with Crippen LogP contribution in [0, 0.1) is 12.8 Å². The second-order valence-corrected chi connectivity index (χ2v) is 9.95. The molecule has 0 aliphatic heterocycles. The minimum Gasteiger partial charge on any atom is -0.481 e. The molecular formula is C24H25N7O3S. The summed E-state index contributed by atoms with van der Waals surface area (Å²) in [5, 5.41) is 32.4. The molecule has 35 heavy (non-hydrogen) atoms. The van der Waals surface area contributed by atoms with Crippen molar-refractivity contribution in [3.63, 3.8) is 0 Å². The maximum absolute atomic E-state index is 11.3. The Balaban J connectivity index is 1.36. The van der Waals surface area contributed by atoms with E-state index < -0.39 is 17.5 Å². The molecule has 4 aromatic heterocycles. The highest BCUT2D eigenvalue weighted by molar-refractivity contribution is 7.15. The van der Waals surface area contributed by atoms with Crippen LogP contribution in [0.4, 0.5) is 11.6 Å². The number of anilines is 2. The number of hydrogen-bond acceptors (Lipinski definition) is 9. The maximum atomic E-state index is 11.3. The molecule has 0 atom stereocenters. The number of aliphatic carboxylic acids is 1. The summed E-state index contributed by atoms with van der Waals surface area (Å²) < 4.78 is 1.65. The van der Waals surface area contributed by atoms with Crippen molar-refractivity contribution in [2.24, 2.45) is 13.0 Å². The van der Waals surface area contributed by atoms with Crippen LogP contribution in [-0.2, 0) is 17.4 Å². The van der Waals surface area contributed by atoms with E-state index in [1.165, 1.54) is 11.3 Å². The molecule has 1 saturated carbocycles. The summed E-state index contributed by atoms with van der Waals surface area (Å²) in [5.74, 6) is 0.0709. The van der Waals surface area contributed by atoms with Crippen molar-refractivity contribution in [2.45, 2.75) is 38.2 Å². The molecular weight excluding hydrogens is 466 g/mol. The molecule has 0 unspecified atom stereocenters. The van der Waals surface area contributed by atoms with Crippen LogP contribution in [0.5, 0.6) is 0 Å². The van der Waals surface area contributed by atoms with Crippen LogP contribution in [0.2, 0.25) is 0 Å². The molecule has 0 bridgehead atoms. The first-order valence-corrected chi connectivity index (χ1v) is 12.1. The fraction of sp³-hybridized carbons (Fsp3) is 0.333. The summed E-state index contributed by atoms with van der Waals surface area (Å²) in [5.41, 5.74) is 2.30. The number of rotatable bonds is 6. The Morgan fingerprint density at radius 2 is 1.97 bits per heavy atom. The molecule has 1 aliphatic carbocycles. The number of aliphatic hydroxyl groups is 1. The number of aryl methyl sites for hydroxylation is 2. The Morgan fingerprint density at radius 1 is 1.17 bits per heavy atom. The van der Waals surface area contributed by atoms with Crippen LogP contribution < -0.4 is 5.32 Å². The van der Waals surface area contributed by atoms with Crippen LogP contribution in [0.25, 0.3) is 21.8 Å². The minimum atomic E-state index is -1.09. The standard InChI is InChI=1S/C24H25N7O3S/c1-14-9-17(19-12-26-23(35-19)24(34)6-3-15(4-7-24)22(32)33)27-21(10-14)28-20-11-16(5-8-25-20)18-13-31(2)30-29-18/h5,8-13,15,34H,3-4,6-7H2,1-2H3,(H,32,33)(H,25,27,28). The summed E-state index contributed by atoms with van der Waals surface area (Å²) in [6, 6.07) is 7.67. The van der Waals surface area contributed by atoms with E-state index in [4.69, 9.17) is 4.98 Å². The number of pyridine rings is 2. The van der Waals surface area contributed by atoms with Crippen molar-refractivity contribution in [1.82, 2.24) is 29.9 Å². The van der Waals surface area contributed by atoms with E-state index in [1.54, 1.807) is 17.1 Å². The Hall–Kier alpha value is -3.70. The fourth-order valence-corrected chi connectivity index (χ4v) is 5.31. The molecule has 5 rings (SSSR count). The van der Waals surface area contributed by atoms with E-state index in [2.05, 4.69) is 25.6 Å². The fourth-order valence-electron chi connectivity index (χ4n) is 4.29. The number of nitrogens with zero attached hydrogens (tertiary/aromatic N) is 6. The van der Waals surface area contributed by atoms with Crippen LogP contribution >= 0.6 is 11.3 Å². The number of carboxylic acid groups (broad SMARTS) is 1. The largest absolute Gasteiger partial charge is 0.481 e. The molecule has 0 amide bonds. The molecule has 0 aromatic carbocycles. The lowest BCUT2D eigenvalue weighted by atomic mass is 9.79. The van der Waals surface area contributed by atoms with E-state index >= 15 is 0 Å². The van der Waals surface area contributed by atoms with E-state index in [1.807, 2.05) is 44.4 Å². The third kappa shape index (κ3) is 4.91. The highest BCUT2D eigenvalue weighted by atomic mass is 32.1. The first-order chi connectivity index (χ1) is 16.8. The first kappa shape index (κ1) is 23.1. The Kier molecular flexibility index (Phi) is 6.03. The van der Waals surface area contributed by atoms with E-state index in [0.29, 0.717) is 42.3 Å². The monoisotopic (exact) mass is 491 g/mol. The topological polar surface area (TPSA) is 139 Å². The molecule has 180 valence electrons. The van der Waals surface area contributed by atoms with Gasteiger partial charge in [0.2, 0.25) is 0 Å².